The van der Waals surface area contributed by atoms with Crippen molar-refractivity contribution in [3.63, 3.8) is 0 Å². The summed E-state index contributed by atoms with van der Waals surface area (Å²) in [5.41, 5.74) is 1.84. The van der Waals surface area contributed by atoms with E-state index in [0.717, 1.165) is 24.1 Å². The van der Waals surface area contributed by atoms with Gasteiger partial charge in [0.05, 0.1) is 30.1 Å². The standard InChI is InChI=1S/C12H15ClN2O2/c1-17-6-5-15-12(11(13)8-14-15)9-3-2-4-10(16)7-9/h7-8H,2-6H2,1H3. The van der Waals surface area contributed by atoms with Crippen molar-refractivity contribution in [2.45, 2.75) is 25.8 Å². The highest BCUT2D eigenvalue weighted by Crippen LogP contribution is 2.30. The Morgan fingerprint density at radius 3 is 3.06 bits per heavy atom. The van der Waals surface area contributed by atoms with Crippen LogP contribution < -0.4 is 0 Å². The molecular formula is C12H15ClN2O2. The molecule has 1 aliphatic carbocycles. The van der Waals surface area contributed by atoms with Crippen LogP contribution in [0.5, 0.6) is 0 Å². The van der Waals surface area contributed by atoms with Crippen LogP contribution in [0.25, 0.3) is 5.57 Å². The van der Waals surface area contributed by atoms with E-state index in [1.807, 2.05) is 0 Å². The smallest absolute Gasteiger partial charge is 0.156 e. The third kappa shape index (κ3) is 2.76. The van der Waals surface area contributed by atoms with Crippen LogP contribution in [-0.2, 0) is 16.1 Å². The largest absolute Gasteiger partial charge is 0.383 e. The lowest BCUT2D eigenvalue weighted by atomic mass is 9.96. The van der Waals surface area contributed by atoms with Crippen LogP contribution in [0, 0.1) is 0 Å². The highest BCUT2D eigenvalue weighted by Gasteiger charge is 2.18. The molecule has 0 saturated carbocycles. The summed E-state index contributed by atoms with van der Waals surface area (Å²) >= 11 is 6.13. The van der Waals surface area contributed by atoms with Gasteiger partial charge in [-0.15, -0.1) is 0 Å². The van der Waals surface area contributed by atoms with Gasteiger partial charge in [0.15, 0.2) is 5.78 Å². The van der Waals surface area contributed by atoms with E-state index < -0.39 is 0 Å². The number of carbonyl (C=O) groups excluding carboxylic acids is 1. The maximum atomic E-state index is 11.4. The molecule has 2 rings (SSSR count). The molecule has 1 heterocycles. The maximum Gasteiger partial charge on any atom is 0.156 e. The van der Waals surface area contributed by atoms with E-state index in [4.69, 9.17) is 16.3 Å². The Bertz CT molecular complexity index is 451. The van der Waals surface area contributed by atoms with Gasteiger partial charge in [-0.1, -0.05) is 11.6 Å². The highest BCUT2D eigenvalue weighted by atomic mass is 35.5. The molecule has 0 aliphatic heterocycles. The van der Waals surface area contributed by atoms with Crippen molar-refractivity contribution in [2.24, 2.45) is 0 Å². The molecule has 0 aromatic carbocycles. The first-order valence-electron chi connectivity index (χ1n) is 5.66. The van der Waals surface area contributed by atoms with Gasteiger partial charge >= 0.3 is 0 Å². The summed E-state index contributed by atoms with van der Waals surface area (Å²) in [5.74, 6) is 0.168. The highest BCUT2D eigenvalue weighted by molar-refractivity contribution is 6.32. The average molecular weight is 255 g/mol. The van der Waals surface area contributed by atoms with Gasteiger partial charge in [0, 0.05) is 13.5 Å². The molecule has 5 heteroatoms. The molecule has 0 spiro atoms. The fourth-order valence-corrected chi connectivity index (χ4v) is 2.27. The maximum absolute atomic E-state index is 11.4. The zero-order valence-corrected chi connectivity index (χ0v) is 10.5. The molecule has 0 amide bonds. The van der Waals surface area contributed by atoms with E-state index in [1.165, 1.54) is 0 Å². The summed E-state index contributed by atoms with van der Waals surface area (Å²) in [7, 11) is 1.65. The Morgan fingerprint density at radius 1 is 1.53 bits per heavy atom. The second kappa shape index (κ2) is 5.47. The number of aromatic nitrogens is 2. The van der Waals surface area contributed by atoms with Crippen LogP contribution in [0.3, 0.4) is 0 Å². The number of allylic oxidation sites excluding steroid dienone is 2. The number of methoxy groups -OCH3 is 1. The second-order valence-corrected chi connectivity index (χ2v) is 4.45. The normalized spacial score (nSPS) is 16.1. The van der Waals surface area contributed by atoms with Gasteiger partial charge in [0.25, 0.3) is 0 Å². The van der Waals surface area contributed by atoms with Crippen molar-refractivity contribution in [1.82, 2.24) is 9.78 Å². The Balaban J connectivity index is 2.30. The summed E-state index contributed by atoms with van der Waals surface area (Å²) in [6, 6.07) is 0. The summed E-state index contributed by atoms with van der Waals surface area (Å²) in [4.78, 5) is 11.4. The number of hydrogen-bond acceptors (Lipinski definition) is 3. The van der Waals surface area contributed by atoms with Gasteiger partial charge in [0.2, 0.25) is 0 Å². The molecule has 0 atom stereocenters. The van der Waals surface area contributed by atoms with Crippen molar-refractivity contribution in [3.8, 4) is 0 Å². The minimum absolute atomic E-state index is 0.168. The van der Waals surface area contributed by atoms with E-state index in [2.05, 4.69) is 5.10 Å². The molecule has 1 aromatic heterocycles. The molecule has 0 unspecified atom stereocenters. The molecular weight excluding hydrogens is 240 g/mol. The molecule has 17 heavy (non-hydrogen) atoms. The first-order chi connectivity index (χ1) is 8.22. The monoisotopic (exact) mass is 254 g/mol. The van der Waals surface area contributed by atoms with E-state index >= 15 is 0 Å². The third-order valence-electron chi connectivity index (χ3n) is 2.81. The lowest BCUT2D eigenvalue weighted by Gasteiger charge is -2.14. The van der Waals surface area contributed by atoms with Crippen molar-refractivity contribution in [2.75, 3.05) is 13.7 Å². The van der Waals surface area contributed by atoms with Gasteiger partial charge in [-0.05, 0) is 24.5 Å². The molecule has 0 fully saturated rings. The van der Waals surface area contributed by atoms with E-state index in [9.17, 15) is 4.79 Å². The average Bonchev–Trinajstić information content (AvgIpc) is 2.68. The fourth-order valence-electron chi connectivity index (χ4n) is 2.01. The van der Waals surface area contributed by atoms with Crippen LogP contribution in [0.1, 0.15) is 25.0 Å². The number of ether oxygens (including phenoxy) is 1. The Kier molecular flexibility index (Phi) is 3.97. The minimum atomic E-state index is 0.168. The predicted octanol–water partition coefficient (Wildman–Crippen LogP) is 2.32. The molecule has 1 aromatic rings. The fraction of sp³-hybridized carbons (Fsp3) is 0.500. The van der Waals surface area contributed by atoms with Crippen LogP contribution >= 0.6 is 11.6 Å². The number of rotatable bonds is 4. The summed E-state index contributed by atoms with van der Waals surface area (Å²) in [6.45, 7) is 1.22. The lowest BCUT2D eigenvalue weighted by Crippen LogP contribution is -2.11. The Morgan fingerprint density at radius 2 is 2.35 bits per heavy atom. The predicted molar refractivity (Wildman–Crippen MR) is 65.9 cm³/mol. The van der Waals surface area contributed by atoms with Crippen LogP contribution in [0.4, 0.5) is 0 Å². The SMILES string of the molecule is COCCn1ncc(Cl)c1C1=CC(=O)CCC1. The Labute approximate surface area is 105 Å². The van der Waals surface area contributed by atoms with Gasteiger partial charge in [-0.3, -0.25) is 9.48 Å². The van der Waals surface area contributed by atoms with E-state index in [-0.39, 0.29) is 5.78 Å². The molecule has 4 nitrogen and oxygen atoms in total. The number of halogens is 1. The van der Waals surface area contributed by atoms with Crippen LogP contribution in [0.2, 0.25) is 5.02 Å². The molecule has 92 valence electrons. The summed E-state index contributed by atoms with van der Waals surface area (Å²) < 4.78 is 6.83. The quantitative estimate of drug-likeness (QED) is 0.828. The van der Waals surface area contributed by atoms with Gasteiger partial charge < -0.3 is 4.74 Å². The zero-order valence-electron chi connectivity index (χ0n) is 9.78. The van der Waals surface area contributed by atoms with Crippen molar-refractivity contribution >= 4 is 23.0 Å². The third-order valence-corrected chi connectivity index (χ3v) is 3.09. The molecule has 0 bridgehead atoms. The topological polar surface area (TPSA) is 44.1 Å². The first kappa shape index (κ1) is 12.3. The van der Waals surface area contributed by atoms with Crippen molar-refractivity contribution < 1.29 is 9.53 Å². The number of nitrogens with zero attached hydrogens (tertiary/aromatic N) is 2. The van der Waals surface area contributed by atoms with E-state index in [1.54, 1.807) is 24.1 Å². The Hall–Kier alpha value is -1.13. The summed E-state index contributed by atoms with van der Waals surface area (Å²) in [5, 5.41) is 4.81. The van der Waals surface area contributed by atoms with Gasteiger partial charge in [-0.2, -0.15) is 5.10 Å². The van der Waals surface area contributed by atoms with Crippen LogP contribution in [0.15, 0.2) is 12.3 Å². The zero-order chi connectivity index (χ0) is 12.3. The van der Waals surface area contributed by atoms with Crippen LogP contribution in [-0.4, -0.2) is 29.3 Å². The van der Waals surface area contributed by atoms with Crippen molar-refractivity contribution in [3.05, 3.63) is 23.0 Å². The van der Waals surface area contributed by atoms with E-state index in [0.29, 0.717) is 24.6 Å². The minimum Gasteiger partial charge on any atom is -0.383 e. The first-order valence-corrected chi connectivity index (χ1v) is 6.04. The van der Waals surface area contributed by atoms with Gasteiger partial charge in [-0.25, -0.2) is 0 Å². The number of ketones is 1. The number of carbonyl (C=O) groups is 1. The molecule has 1 aliphatic rings. The number of hydrogen-bond donors (Lipinski definition) is 0. The molecule has 0 N–H and O–H groups in total. The van der Waals surface area contributed by atoms with Gasteiger partial charge in [0.1, 0.15) is 0 Å². The second-order valence-electron chi connectivity index (χ2n) is 4.05. The molecule has 0 radical (unpaired) electrons. The molecule has 0 saturated heterocycles. The van der Waals surface area contributed by atoms with Crippen molar-refractivity contribution in [1.29, 1.82) is 0 Å². The lowest BCUT2D eigenvalue weighted by molar-refractivity contribution is -0.114. The summed E-state index contributed by atoms with van der Waals surface area (Å²) in [6.07, 6.45) is 5.70.